The number of sulfone groups is 1. The van der Waals surface area contributed by atoms with Crippen molar-refractivity contribution in [3.63, 3.8) is 0 Å². The highest BCUT2D eigenvalue weighted by Crippen LogP contribution is 2.35. The molecule has 0 aliphatic carbocycles. The summed E-state index contributed by atoms with van der Waals surface area (Å²) in [5, 5.41) is 2.83. The summed E-state index contributed by atoms with van der Waals surface area (Å²) in [5.74, 6) is -1.55. The molecule has 0 saturated heterocycles. The lowest BCUT2D eigenvalue weighted by molar-refractivity contribution is 0.583. The van der Waals surface area contributed by atoms with E-state index in [-0.39, 0.29) is 16.3 Å². The summed E-state index contributed by atoms with van der Waals surface area (Å²) in [6, 6.07) is 9.23. The van der Waals surface area contributed by atoms with E-state index in [1.54, 1.807) is 18.2 Å². The molecule has 0 fully saturated rings. The van der Waals surface area contributed by atoms with Crippen molar-refractivity contribution in [2.75, 3.05) is 11.1 Å². The van der Waals surface area contributed by atoms with Crippen molar-refractivity contribution in [2.24, 2.45) is 0 Å². The molecule has 6 heteroatoms. The minimum Gasteiger partial charge on any atom is -0.375 e. The smallest absolute Gasteiger partial charge is 0.181 e. The number of hydrogen-bond donors (Lipinski definition) is 1. The third-order valence-electron chi connectivity index (χ3n) is 3.28. The second kappa shape index (κ2) is 4.56. The molecule has 1 N–H and O–H groups in total. The monoisotopic (exact) mass is 295 g/mol. The molecule has 1 heterocycles. The molecule has 0 bridgehead atoms. The Morgan fingerprint density at radius 3 is 2.60 bits per heavy atom. The molecule has 104 valence electrons. The minimum atomic E-state index is -3.35. The minimum absolute atomic E-state index is 0.0864. The zero-order chi connectivity index (χ0) is 14.3. The fourth-order valence-electron chi connectivity index (χ4n) is 2.36. The van der Waals surface area contributed by atoms with Crippen molar-refractivity contribution in [1.82, 2.24) is 0 Å². The van der Waals surface area contributed by atoms with E-state index < -0.39 is 27.5 Å². The van der Waals surface area contributed by atoms with Gasteiger partial charge in [0.2, 0.25) is 0 Å². The number of rotatable bonds is 2. The van der Waals surface area contributed by atoms with Crippen LogP contribution >= 0.6 is 0 Å². The fourth-order valence-corrected chi connectivity index (χ4v) is 4.10. The van der Waals surface area contributed by atoms with Crippen molar-refractivity contribution in [2.45, 2.75) is 10.9 Å². The number of nitrogens with one attached hydrogen (secondary N) is 1. The van der Waals surface area contributed by atoms with E-state index in [1.165, 1.54) is 12.1 Å². The van der Waals surface area contributed by atoms with Gasteiger partial charge in [0.15, 0.2) is 9.84 Å². The van der Waals surface area contributed by atoms with Crippen LogP contribution in [0.4, 0.5) is 14.5 Å². The fraction of sp³-hybridized carbons (Fsp3) is 0.143. The van der Waals surface area contributed by atoms with Crippen LogP contribution in [0.1, 0.15) is 11.6 Å². The van der Waals surface area contributed by atoms with Gasteiger partial charge in [0.1, 0.15) is 11.6 Å². The Morgan fingerprint density at radius 2 is 1.85 bits per heavy atom. The number of halogens is 2. The van der Waals surface area contributed by atoms with Gasteiger partial charge in [0.25, 0.3) is 0 Å². The Labute approximate surface area is 115 Å². The van der Waals surface area contributed by atoms with Crippen LogP contribution in [0.2, 0.25) is 0 Å². The van der Waals surface area contributed by atoms with Crippen LogP contribution in [0.15, 0.2) is 47.4 Å². The first kappa shape index (κ1) is 13.1. The summed E-state index contributed by atoms with van der Waals surface area (Å²) >= 11 is 0. The first-order chi connectivity index (χ1) is 9.47. The van der Waals surface area contributed by atoms with Gasteiger partial charge in [-0.1, -0.05) is 18.2 Å². The highest BCUT2D eigenvalue weighted by Gasteiger charge is 2.34. The normalized spacial score (nSPS) is 19.6. The highest BCUT2D eigenvalue weighted by atomic mass is 32.2. The summed E-state index contributed by atoms with van der Waals surface area (Å²) in [7, 11) is -3.35. The van der Waals surface area contributed by atoms with E-state index in [1.807, 2.05) is 0 Å². The number of anilines is 1. The van der Waals surface area contributed by atoms with E-state index in [0.717, 1.165) is 12.1 Å². The van der Waals surface area contributed by atoms with Crippen molar-refractivity contribution >= 4 is 15.5 Å². The van der Waals surface area contributed by atoms with E-state index in [9.17, 15) is 17.2 Å². The molecule has 3 rings (SSSR count). The maximum atomic E-state index is 13.6. The summed E-state index contributed by atoms with van der Waals surface area (Å²) in [5.41, 5.74) is 0.694. The predicted molar refractivity (Wildman–Crippen MR) is 71.2 cm³/mol. The lowest BCUT2D eigenvalue weighted by Gasteiger charge is -2.14. The Hall–Kier alpha value is -1.95. The molecule has 20 heavy (non-hydrogen) atoms. The van der Waals surface area contributed by atoms with Crippen molar-refractivity contribution in [1.29, 1.82) is 0 Å². The molecule has 0 amide bonds. The van der Waals surface area contributed by atoms with E-state index in [0.29, 0.717) is 5.56 Å². The SMILES string of the molecule is O=S1(=O)CC(Nc2ccc(F)cc2F)c2ccccc21. The van der Waals surface area contributed by atoms with Crippen LogP contribution in [-0.2, 0) is 9.84 Å². The molecule has 1 atom stereocenters. The first-order valence-electron chi connectivity index (χ1n) is 6.01. The van der Waals surface area contributed by atoms with E-state index in [4.69, 9.17) is 0 Å². The summed E-state index contributed by atoms with van der Waals surface area (Å²) in [6.45, 7) is 0. The highest BCUT2D eigenvalue weighted by molar-refractivity contribution is 7.91. The molecular weight excluding hydrogens is 284 g/mol. The second-order valence-corrected chi connectivity index (χ2v) is 6.64. The number of hydrogen-bond acceptors (Lipinski definition) is 3. The number of fused-ring (bicyclic) bond motifs is 1. The van der Waals surface area contributed by atoms with E-state index >= 15 is 0 Å². The van der Waals surface area contributed by atoms with Gasteiger partial charge in [-0.2, -0.15) is 0 Å². The molecule has 0 spiro atoms. The summed E-state index contributed by atoms with van der Waals surface area (Å²) < 4.78 is 50.5. The van der Waals surface area contributed by atoms with Crippen molar-refractivity contribution < 1.29 is 17.2 Å². The third-order valence-corrected chi connectivity index (χ3v) is 5.09. The van der Waals surface area contributed by atoms with Gasteiger partial charge in [-0.05, 0) is 23.8 Å². The molecule has 1 aliphatic heterocycles. The van der Waals surface area contributed by atoms with Gasteiger partial charge in [-0.3, -0.25) is 0 Å². The average Bonchev–Trinajstić information content (AvgIpc) is 2.65. The van der Waals surface area contributed by atoms with Crippen molar-refractivity contribution in [3.8, 4) is 0 Å². The zero-order valence-electron chi connectivity index (χ0n) is 10.3. The second-order valence-electron chi connectivity index (χ2n) is 4.64. The molecule has 0 aromatic heterocycles. The van der Waals surface area contributed by atoms with Gasteiger partial charge < -0.3 is 5.32 Å². The molecular formula is C14H11F2NO2S. The quantitative estimate of drug-likeness (QED) is 0.926. The Bertz CT molecular complexity index is 774. The van der Waals surface area contributed by atoms with Gasteiger partial charge in [0, 0.05) is 6.07 Å². The summed E-state index contributed by atoms with van der Waals surface area (Å²) in [4.78, 5) is 0.264. The van der Waals surface area contributed by atoms with Crippen LogP contribution in [0.3, 0.4) is 0 Å². The first-order valence-corrected chi connectivity index (χ1v) is 7.66. The standard InChI is InChI=1S/C14H11F2NO2S/c15-9-5-6-12(11(16)7-9)17-13-8-20(18,19)14-4-2-1-3-10(13)14/h1-7,13,17H,8H2. The van der Waals surface area contributed by atoms with Crippen LogP contribution in [0, 0.1) is 11.6 Å². The van der Waals surface area contributed by atoms with Crippen LogP contribution < -0.4 is 5.32 Å². The molecule has 2 aromatic carbocycles. The van der Waals surface area contributed by atoms with Crippen LogP contribution in [-0.4, -0.2) is 14.2 Å². The largest absolute Gasteiger partial charge is 0.375 e. The third kappa shape index (κ3) is 2.16. The lowest BCUT2D eigenvalue weighted by atomic mass is 10.1. The van der Waals surface area contributed by atoms with Gasteiger partial charge in [0.05, 0.1) is 22.4 Å². The zero-order valence-corrected chi connectivity index (χ0v) is 11.1. The molecule has 3 nitrogen and oxygen atoms in total. The Kier molecular flexibility index (Phi) is 2.97. The maximum Gasteiger partial charge on any atom is 0.181 e. The molecule has 0 radical (unpaired) electrons. The maximum absolute atomic E-state index is 13.6. The van der Waals surface area contributed by atoms with Gasteiger partial charge >= 0.3 is 0 Å². The average molecular weight is 295 g/mol. The van der Waals surface area contributed by atoms with Crippen LogP contribution in [0.5, 0.6) is 0 Å². The molecule has 1 aliphatic rings. The molecule has 0 saturated carbocycles. The topological polar surface area (TPSA) is 46.2 Å². The van der Waals surface area contributed by atoms with E-state index in [2.05, 4.69) is 5.32 Å². The molecule has 1 unspecified atom stereocenters. The lowest BCUT2D eigenvalue weighted by Crippen LogP contribution is -2.13. The van der Waals surface area contributed by atoms with Gasteiger partial charge in [-0.25, -0.2) is 17.2 Å². The number of benzene rings is 2. The predicted octanol–water partition coefficient (Wildman–Crippen LogP) is 2.91. The Balaban J connectivity index is 1.97. The Morgan fingerprint density at radius 1 is 1.10 bits per heavy atom. The van der Waals surface area contributed by atoms with Crippen LogP contribution in [0.25, 0.3) is 0 Å². The molecule has 2 aromatic rings. The van der Waals surface area contributed by atoms with Crippen molar-refractivity contribution in [3.05, 3.63) is 59.7 Å². The summed E-state index contributed by atoms with van der Waals surface area (Å²) in [6.07, 6.45) is 0. The van der Waals surface area contributed by atoms with Gasteiger partial charge in [-0.15, -0.1) is 0 Å².